The molecule has 0 unspecified atom stereocenters. The molecule has 0 bridgehead atoms. The lowest BCUT2D eigenvalue weighted by Gasteiger charge is -2.72. The van der Waals surface area contributed by atoms with Crippen molar-refractivity contribution in [1.29, 1.82) is 0 Å². The molecule has 5 aliphatic rings. The molecule has 0 aromatic rings. The first-order valence-corrected chi connectivity index (χ1v) is 18.3. The number of amides is 1. The van der Waals surface area contributed by atoms with Gasteiger partial charge >= 0.3 is 11.9 Å². The molecular formula is C39H63NO5. The van der Waals surface area contributed by atoms with E-state index in [0.717, 1.165) is 57.8 Å². The number of carbonyl (C=O) groups is 3. The largest absolute Gasteiger partial charge is 0.469 e. The molecular weight excluding hydrogens is 562 g/mol. The Hall–Kier alpha value is -1.85. The van der Waals surface area contributed by atoms with E-state index in [1.165, 1.54) is 38.4 Å². The molecule has 0 saturated heterocycles. The molecule has 45 heavy (non-hydrogen) atoms. The normalized spacial score (nSPS) is 43.1. The van der Waals surface area contributed by atoms with Crippen molar-refractivity contribution in [2.24, 2.45) is 56.7 Å². The lowest BCUT2D eigenvalue weighted by molar-refractivity contribution is -0.248. The molecule has 1 amide bonds. The minimum atomic E-state index is -0.297. The molecule has 6 heteroatoms. The highest BCUT2D eigenvalue weighted by atomic mass is 16.5. The number of esters is 2. The standard InChI is InChI=1S/C39H63NO5/c1-25(2)27-16-21-39(34(43)40-24-12-10-11-13-32(42)44-9)23-22-37(7)28(33(27)39)14-15-30-36(6)19-18-31(45-26(3)41)35(4,5)29(36)17-20-38(30,37)8/h27-31,33H,1,10-24H2,2-9H3,(H,40,43)/t27-,28+,29-,30+,31-,33+,36-,37+,38+,39-/m0/s1. The molecule has 0 aromatic carbocycles. The van der Waals surface area contributed by atoms with Crippen LogP contribution in [0.5, 0.6) is 0 Å². The number of fused-ring (bicyclic) bond motifs is 7. The quantitative estimate of drug-likeness (QED) is 0.158. The van der Waals surface area contributed by atoms with Crippen molar-refractivity contribution in [3.05, 3.63) is 12.2 Å². The van der Waals surface area contributed by atoms with Crippen molar-refractivity contribution in [3.63, 3.8) is 0 Å². The van der Waals surface area contributed by atoms with Crippen LogP contribution < -0.4 is 5.32 Å². The summed E-state index contributed by atoms with van der Waals surface area (Å²) in [7, 11) is 1.43. The van der Waals surface area contributed by atoms with E-state index >= 15 is 0 Å². The Kier molecular flexibility index (Phi) is 9.43. The van der Waals surface area contributed by atoms with E-state index in [4.69, 9.17) is 9.47 Å². The summed E-state index contributed by atoms with van der Waals surface area (Å²) in [6.07, 6.45) is 14.1. The van der Waals surface area contributed by atoms with E-state index in [9.17, 15) is 14.4 Å². The van der Waals surface area contributed by atoms with Gasteiger partial charge in [0.25, 0.3) is 0 Å². The number of ether oxygens (including phenoxy) is 2. The van der Waals surface area contributed by atoms with E-state index in [2.05, 4.69) is 53.4 Å². The number of nitrogens with one attached hydrogen (secondary N) is 1. The number of rotatable bonds is 9. The Labute approximate surface area is 273 Å². The number of hydrogen-bond donors (Lipinski definition) is 1. The van der Waals surface area contributed by atoms with Crippen LogP contribution in [-0.4, -0.2) is 37.6 Å². The predicted octanol–water partition coefficient (Wildman–Crippen LogP) is 8.43. The topological polar surface area (TPSA) is 81.7 Å². The summed E-state index contributed by atoms with van der Waals surface area (Å²) in [6.45, 7) is 21.5. The van der Waals surface area contributed by atoms with Crippen molar-refractivity contribution in [3.8, 4) is 0 Å². The Morgan fingerprint density at radius 1 is 0.800 bits per heavy atom. The number of carbonyl (C=O) groups excluding carboxylic acids is 3. The maximum atomic E-state index is 14.3. The van der Waals surface area contributed by atoms with Crippen LogP contribution in [0.1, 0.15) is 138 Å². The molecule has 1 N–H and O–H groups in total. The molecule has 10 atom stereocenters. The van der Waals surface area contributed by atoms with Crippen LogP contribution in [0.4, 0.5) is 0 Å². The van der Waals surface area contributed by atoms with Crippen LogP contribution >= 0.6 is 0 Å². The third-order valence-electron chi connectivity index (χ3n) is 15.3. The van der Waals surface area contributed by atoms with Crippen molar-refractivity contribution < 1.29 is 23.9 Å². The first kappa shape index (κ1) is 34.5. The molecule has 0 spiro atoms. The smallest absolute Gasteiger partial charge is 0.305 e. The van der Waals surface area contributed by atoms with Crippen LogP contribution in [0.25, 0.3) is 0 Å². The summed E-state index contributed by atoms with van der Waals surface area (Å²) in [6, 6.07) is 0. The van der Waals surface area contributed by atoms with Gasteiger partial charge in [0, 0.05) is 25.3 Å². The molecule has 5 fully saturated rings. The minimum Gasteiger partial charge on any atom is -0.469 e. The average Bonchev–Trinajstić information content (AvgIpc) is 3.37. The lowest BCUT2D eigenvalue weighted by atomic mass is 9.32. The molecule has 0 heterocycles. The van der Waals surface area contributed by atoms with Gasteiger partial charge in [0.05, 0.1) is 12.5 Å². The SMILES string of the molecule is C=C(C)[C@@H]1CC[C@]2(C(=O)NCCCCCC(=O)OC)CC[C@]3(C)[C@H](CC[C@@H]4[C@@]5(C)CC[C@H](OC(C)=O)C(C)(C)[C@@H]5CC[C@]43C)[C@@H]12. The number of allylic oxidation sites excluding steroid dienone is 1. The van der Waals surface area contributed by atoms with Gasteiger partial charge in [-0.2, -0.15) is 0 Å². The Morgan fingerprint density at radius 2 is 1.53 bits per heavy atom. The summed E-state index contributed by atoms with van der Waals surface area (Å²) in [5.41, 5.74) is 1.55. The van der Waals surface area contributed by atoms with Crippen LogP contribution in [0.2, 0.25) is 0 Å². The highest BCUT2D eigenvalue weighted by molar-refractivity contribution is 5.84. The first-order chi connectivity index (χ1) is 21.1. The van der Waals surface area contributed by atoms with Gasteiger partial charge in [-0.3, -0.25) is 14.4 Å². The zero-order valence-corrected chi connectivity index (χ0v) is 29.8. The second kappa shape index (κ2) is 12.3. The molecule has 6 nitrogen and oxygen atoms in total. The van der Waals surface area contributed by atoms with Crippen LogP contribution in [0.15, 0.2) is 12.2 Å². The first-order valence-electron chi connectivity index (χ1n) is 18.3. The molecule has 0 aliphatic heterocycles. The third-order valence-corrected chi connectivity index (χ3v) is 15.3. The number of methoxy groups -OCH3 is 1. The monoisotopic (exact) mass is 625 g/mol. The van der Waals surface area contributed by atoms with Gasteiger partial charge in [0.15, 0.2) is 0 Å². The summed E-state index contributed by atoms with van der Waals surface area (Å²) in [5, 5.41) is 3.40. The van der Waals surface area contributed by atoms with E-state index in [1.807, 2.05) is 0 Å². The summed E-state index contributed by atoms with van der Waals surface area (Å²) < 4.78 is 10.7. The summed E-state index contributed by atoms with van der Waals surface area (Å²) in [4.78, 5) is 37.8. The lowest BCUT2D eigenvalue weighted by Crippen LogP contribution is -2.67. The molecule has 0 aromatic heterocycles. The molecule has 5 aliphatic carbocycles. The number of unbranched alkanes of at least 4 members (excludes halogenated alkanes) is 2. The maximum Gasteiger partial charge on any atom is 0.305 e. The molecule has 5 saturated carbocycles. The van der Waals surface area contributed by atoms with E-state index in [-0.39, 0.29) is 51.0 Å². The van der Waals surface area contributed by atoms with E-state index in [0.29, 0.717) is 42.6 Å². The van der Waals surface area contributed by atoms with Gasteiger partial charge in [0.1, 0.15) is 6.10 Å². The van der Waals surface area contributed by atoms with Gasteiger partial charge in [-0.05, 0) is 130 Å². The Balaban J connectivity index is 1.37. The fourth-order valence-corrected chi connectivity index (χ4v) is 13.0. The van der Waals surface area contributed by atoms with Gasteiger partial charge in [-0.1, -0.05) is 53.2 Å². The van der Waals surface area contributed by atoms with Crippen molar-refractivity contribution >= 4 is 17.8 Å². The zero-order valence-electron chi connectivity index (χ0n) is 29.8. The summed E-state index contributed by atoms with van der Waals surface area (Å²) in [5.74, 6) is 2.43. The molecule has 254 valence electrons. The second-order valence-electron chi connectivity index (χ2n) is 17.4. The van der Waals surface area contributed by atoms with Gasteiger partial charge in [-0.25, -0.2) is 0 Å². The van der Waals surface area contributed by atoms with Crippen LogP contribution in [0.3, 0.4) is 0 Å². The van der Waals surface area contributed by atoms with Gasteiger partial charge in [-0.15, -0.1) is 0 Å². The molecule has 5 rings (SSSR count). The van der Waals surface area contributed by atoms with Crippen LogP contribution in [0, 0.1) is 56.7 Å². The average molecular weight is 626 g/mol. The maximum absolute atomic E-state index is 14.3. The summed E-state index contributed by atoms with van der Waals surface area (Å²) >= 11 is 0. The predicted molar refractivity (Wildman–Crippen MR) is 178 cm³/mol. The molecule has 0 radical (unpaired) electrons. The van der Waals surface area contributed by atoms with E-state index < -0.39 is 0 Å². The fourth-order valence-electron chi connectivity index (χ4n) is 13.0. The highest BCUT2D eigenvalue weighted by Crippen LogP contribution is 2.77. The van der Waals surface area contributed by atoms with Crippen LogP contribution in [-0.2, 0) is 23.9 Å². The second-order valence-corrected chi connectivity index (χ2v) is 17.4. The van der Waals surface area contributed by atoms with Crippen molar-refractivity contribution in [2.45, 2.75) is 144 Å². The fraction of sp³-hybridized carbons (Fsp3) is 0.872. The van der Waals surface area contributed by atoms with Gasteiger partial charge in [0.2, 0.25) is 5.91 Å². The minimum absolute atomic E-state index is 0.000767. The number of hydrogen-bond acceptors (Lipinski definition) is 5. The Morgan fingerprint density at radius 3 is 2.20 bits per heavy atom. The van der Waals surface area contributed by atoms with Crippen molar-refractivity contribution in [2.75, 3.05) is 13.7 Å². The van der Waals surface area contributed by atoms with Crippen molar-refractivity contribution in [1.82, 2.24) is 5.32 Å². The van der Waals surface area contributed by atoms with E-state index in [1.54, 1.807) is 6.92 Å². The zero-order chi connectivity index (χ0) is 33.0. The highest BCUT2D eigenvalue weighted by Gasteiger charge is 2.72. The Bertz CT molecular complexity index is 1180. The third kappa shape index (κ3) is 5.40. The van der Waals surface area contributed by atoms with Gasteiger partial charge < -0.3 is 14.8 Å².